The molecule has 1 amide bonds. The summed E-state index contributed by atoms with van der Waals surface area (Å²) in [4.78, 5) is 11.9. The summed E-state index contributed by atoms with van der Waals surface area (Å²) in [5, 5.41) is 21.0. The van der Waals surface area contributed by atoms with Crippen LogP contribution in [0.25, 0.3) is 0 Å². The van der Waals surface area contributed by atoms with Gasteiger partial charge in [-0.3, -0.25) is 4.79 Å². The van der Waals surface area contributed by atoms with Gasteiger partial charge in [-0.25, -0.2) is 0 Å². The van der Waals surface area contributed by atoms with Gasteiger partial charge in [0.15, 0.2) is 0 Å². The first-order valence-corrected chi connectivity index (χ1v) is 5.97. The molecule has 3 N–H and O–H groups in total. The highest BCUT2D eigenvalue weighted by Gasteiger charge is 2.08. The van der Waals surface area contributed by atoms with Crippen LogP contribution in [-0.2, 0) is 6.61 Å². The molecule has 19 heavy (non-hydrogen) atoms. The molecule has 0 aliphatic heterocycles. The Balaban J connectivity index is 2.13. The molecule has 0 saturated heterocycles. The molecule has 4 nitrogen and oxygen atoms in total. The molecule has 5 heteroatoms. The van der Waals surface area contributed by atoms with E-state index in [9.17, 15) is 9.90 Å². The molecule has 0 heterocycles. The lowest BCUT2D eigenvalue weighted by molar-refractivity contribution is 0.102. The lowest BCUT2D eigenvalue weighted by atomic mass is 10.2. The molecular weight excluding hydrogens is 266 g/mol. The van der Waals surface area contributed by atoms with Crippen LogP contribution in [0.2, 0.25) is 5.02 Å². The van der Waals surface area contributed by atoms with E-state index in [-0.39, 0.29) is 23.3 Å². The Morgan fingerprint density at radius 1 is 1.16 bits per heavy atom. The lowest BCUT2D eigenvalue weighted by Gasteiger charge is -2.06. The molecule has 0 aromatic heterocycles. The van der Waals surface area contributed by atoms with Gasteiger partial charge in [-0.1, -0.05) is 23.7 Å². The van der Waals surface area contributed by atoms with E-state index in [4.69, 9.17) is 16.7 Å². The van der Waals surface area contributed by atoms with Crippen LogP contribution in [0.5, 0.6) is 5.75 Å². The van der Waals surface area contributed by atoms with Crippen molar-refractivity contribution in [1.29, 1.82) is 0 Å². The van der Waals surface area contributed by atoms with Crippen LogP contribution in [0.4, 0.5) is 5.69 Å². The van der Waals surface area contributed by atoms with Gasteiger partial charge in [-0.15, -0.1) is 0 Å². The number of hydrogen-bond acceptors (Lipinski definition) is 3. The third kappa shape index (κ3) is 3.24. The Kier molecular flexibility index (Phi) is 4.04. The smallest absolute Gasteiger partial charge is 0.255 e. The molecule has 0 unspecified atom stereocenters. The maximum Gasteiger partial charge on any atom is 0.255 e. The number of nitrogens with one attached hydrogen (secondary N) is 1. The maximum atomic E-state index is 11.9. The fraction of sp³-hybridized carbons (Fsp3) is 0.0714. The standard InChI is InChI=1S/C14H12ClNO3/c15-12-7-10(3-6-13(12)18)14(19)16-11-4-1-9(8-17)2-5-11/h1-7,17-18H,8H2,(H,16,19). The van der Waals surface area contributed by atoms with Crippen molar-refractivity contribution in [3.8, 4) is 5.75 Å². The first-order valence-electron chi connectivity index (χ1n) is 5.60. The van der Waals surface area contributed by atoms with Gasteiger partial charge in [0.05, 0.1) is 11.6 Å². The van der Waals surface area contributed by atoms with Crippen molar-refractivity contribution in [2.24, 2.45) is 0 Å². The number of amides is 1. The summed E-state index contributed by atoms with van der Waals surface area (Å²) in [5.74, 6) is -0.385. The molecular formula is C14H12ClNO3. The number of benzene rings is 2. The third-order valence-corrected chi connectivity index (χ3v) is 2.91. The van der Waals surface area contributed by atoms with E-state index in [0.29, 0.717) is 11.3 Å². The summed E-state index contributed by atoms with van der Waals surface area (Å²) < 4.78 is 0. The van der Waals surface area contributed by atoms with E-state index in [2.05, 4.69) is 5.32 Å². The zero-order valence-corrected chi connectivity index (χ0v) is 10.7. The molecule has 0 fully saturated rings. The molecule has 2 aromatic rings. The highest BCUT2D eigenvalue weighted by atomic mass is 35.5. The van der Waals surface area contributed by atoms with Gasteiger partial charge in [0.25, 0.3) is 5.91 Å². The number of aliphatic hydroxyl groups is 1. The van der Waals surface area contributed by atoms with Gasteiger partial charge in [-0.2, -0.15) is 0 Å². The summed E-state index contributed by atoms with van der Waals surface area (Å²) in [7, 11) is 0. The van der Waals surface area contributed by atoms with Crippen LogP contribution in [0.3, 0.4) is 0 Å². The van der Waals surface area contributed by atoms with E-state index in [1.54, 1.807) is 24.3 Å². The zero-order valence-electron chi connectivity index (χ0n) is 9.93. The minimum Gasteiger partial charge on any atom is -0.506 e. The molecule has 0 aliphatic rings. The Morgan fingerprint density at radius 2 is 1.84 bits per heavy atom. The van der Waals surface area contributed by atoms with Crippen molar-refractivity contribution < 1.29 is 15.0 Å². The predicted octanol–water partition coefficient (Wildman–Crippen LogP) is 2.79. The second-order valence-electron chi connectivity index (χ2n) is 3.98. The molecule has 0 spiro atoms. The molecule has 0 saturated carbocycles. The number of rotatable bonds is 3. The van der Waals surface area contributed by atoms with Crippen molar-refractivity contribution in [2.45, 2.75) is 6.61 Å². The first-order chi connectivity index (χ1) is 9.10. The summed E-state index contributed by atoms with van der Waals surface area (Å²) in [6.45, 7) is -0.0399. The van der Waals surface area contributed by atoms with Gasteiger partial charge in [-0.05, 0) is 35.9 Å². The Hall–Kier alpha value is -2.04. The fourth-order valence-electron chi connectivity index (χ4n) is 1.54. The van der Waals surface area contributed by atoms with E-state index in [0.717, 1.165) is 5.56 Å². The normalized spacial score (nSPS) is 10.2. The molecule has 0 atom stereocenters. The van der Waals surface area contributed by atoms with Crippen molar-refractivity contribution in [3.63, 3.8) is 0 Å². The number of phenolic OH excluding ortho intramolecular Hbond substituents is 1. The van der Waals surface area contributed by atoms with Gasteiger partial charge < -0.3 is 15.5 Å². The van der Waals surface area contributed by atoms with Crippen LogP contribution in [0, 0.1) is 0 Å². The summed E-state index contributed by atoms with van der Waals surface area (Å²) >= 11 is 5.74. The van der Waals surface area contributed by atoms with Crippen LogP contribution < -0.4 is 5.32 Å². The molecule has 98 valence electrons. The zero-order chi connectivity index (χ0) is 13.8. The Labute approximate surface area is 115 Å². The number of phenols is 1. The average Bonchev–Trinajstić information content (AvgIpc) is 2.42. The van der Waals surface area contributed by atoms with Gasteiger partial charge in [0.1, 0.15) is 5.75 Å². The predicted molar refractivity (Wildman–Crippen MR) is 73.4 cm³/mol. The number of halogens is 1. The third-order valence-electron chi connectivity index (χ3n) is 2.60. The molecule has 0 radical (unpaired) electrons. The lowest BCUT2D eigenvalue weighted by Crippen LogP contribution is -2.11. The van der Waals surface area contributed by atoms with Crippen LogP contribution in [0.15, 0.2) is 42.5 Å². The van der Waals surface area contributed by atoms with Crippen LogP contribution in [-0.4, -0.2) is 16.1 Å². The van der Waals surface area contributed by atoms with E-state index < -0.39 is 0 Å². The fourth-order valence-corrected chi connectivity index (χ4v) is 1.73. The monoisotopic (exact) mass is 277 g/mol. The van der Waals surface area contributed by atoms with E-state index in [1.165, 1.54) is 18.2 Å². The number of hydrogen-bond donors (Lipinski definition) is 3. The van der Waals surface area contributed by atoms with Crippen molar-refractivity contribution in [2.75, 3.05) is 5.32 Å². The Morgan fingerprint density at radius 3 is 2.42 bits per heavy atom. The second kappa shape index (κ2) is 5.73. The summed E-state index contributed by atoms with van der Waals surface area (Å²) in [6.07, 6.45) is 0. The molecule has 0 bridgehead atoms. The number of aromatic hydroxyl groups is 1. The number of carbonyl (C=O) groups is 1. The molecule has 0 aliphatic carbocycles. The molecule has 2 rings (SSSR count). The minimum atomic E-state index is -0.321. The molecule has 2 aromatic carbocycles. The average molecular weight is 278 g/mol. The maximum absolute atomic E-state index is 11.9. The quantitative estimate of drug-likeness (QED) is 0.808. The summed E-state index contributed by atoms with van der Waals surface area (Å²) in [6, 6.07) is 11.1. The van der Waals surface area contributed by atoms with Gasteiger partial charge in [0.2, 0.25) is 0 Å². The van der Waals surface area contributed by atoms with Crippen molar-refractivity contribution in [1.82, 2.24) is 0 Å². The van der Waals surface area contributed by atoms with Crippen molar-refractivity contribution >= 4 is 23.2 Å². The SMILES string of the molecule is O=C(Nc1ccc(CO)cc1)c1ccc(O)c(Cl)c1. The minimum absolute atomic E-state index is 0.0399. The number of aliphatic hydroxyl groups excluding tert-OH is 1. The largest absolute Gasteiger partial charge is 0.506 e. The van der Waals surface area contributed by atoms with Gasteiger partial charge >= 0.3 is 0 Å². The second-order valence-corrected chi connectivity index (χ2v) is 4.38. The highest BCUT2D eigenvalue weighted by Crippen LogP contribution is 2.24. The van der Waals surface area contributed by atoms with E-state index in [1.807, 2.05) is 0 Å². The Bertz CT molecular complexity index is 596. The topological polar surface area (TPSA) is 69.6 Å². The first kappa shape index (κ1) is 13.4. The van der Waals surface area contributed by atoms with E-state index >= 15 is 0 Å². The number of anilines is 1. The van der Waals surface area contributed by atoms with Crippen LogP contribution in [0.1, 0.15) is 15.9 Å². The van der Waals surface area contributed by atoms with Crippen molar-refractivity contribution in [3.05, 3.63) is 58.6 Å². The van der Waals surface area contributed by atoms with Crippen LogP contribution >= 0.6 is 11.6 Å². The summed E-state index contributed by atoms with van der Waals surface area (Å²) in [5.41, 5.74) is 1.74. The highest BCUT2D eigenvalue weighted by molar-refractivity contribution is 6.32. The number of carbonyl (C=O) groups excluding carboxylic acids is 1. The van der Waals surface area contributed by atoms with Gasteiger partial charge in [0, 0.05) is 11.3 Å².